The lowest BCUT2D eigenvalue weighted by Crippen LogP contribution is -2.47. The molecule has 0 unspecified atom stereocenters. The van der Waals surface area contributed by atoms with Crippen LogP contribution in [0.3, 0.4) is 0 Å². The normalized spacial score (nSPS) is 20.0. The van der Waals surface area contributed by atoms with Crippen molar-refractivity contribution in [1.29, 1.82) is 0 Å². The zero-order chi connectivity index (χ0) is 13.1. The average Bonchev–Trinajstić information content (AvgIpc) is 2.81. The molecule has 1 saturated heterocycles. The quantitative estimate of drug-likeness (QED) is 0.870. The van der Waals surface area contributed by atoms with Gasteiger partial charge in [0.05, 0.1) is 0 Å². The zero-order valence-corrected chi connectivity index (χ0v) is 11.8. The van der Waals surface area contributed by atoms with E-state index in [1.54, 1.807) is 0 Å². The molecule has 2 N–H and O–H groups in total. The summed E-state index contributed by atoms with van der Waals surface area (Å²) in [5.41, 5.74) is 2.75. The Morgan fingerprint density at radius 3 is 2.21 bits per heavy atom. The van der Waals surface area contributed by atoms with Gasteiger partial charge in [0, 0.05) is 12.1 Å². The van der Waals surface area contributed by atoms with Gasteiger partial charge in [0.25, 0.3) is 0 Å². The molecule has 0 atom stereocenters. The van der Waals surface area contributed by atoms with Crippen molar-refractivity contribution in [3.63, 3.8) is 0 Å². The highest BCUT2D eigenvalue weighted by Gasteiger charge is 2.23. The van der Waals surface area contributed by atoms with Crippen LogP contribution < -0.4 is 10.6 Å². The van der Waals surface area contributed by atoms with Crippen LogP contribution >= 0.6 is 11.8 Å². The number of amides is 2. The van der Waals surface area contributed by atoms with E-state index in [4.69, 9.17) is 0 Å². The topological polar surface area (TPSA) is 41.1 Å². The molecule has 3 nitrogen and oxygen atoms in total. The number of hydrogen-bond donors (Lipinski definition) is 2. The SMILES string of the molecule is O=C(NC1CCSCC1)NC1Cc2ccccc2C1. The number of hydrogen-bond acceptors (Lipinski definition) is 2. The van der Waals surface area contributed by atoms with Gasteiger partial charge in [0.2, 0.25) is 0 Å². The predicted octanol–water partition coefficient (Wildman–Crippen LogP) is 2.35. The molecule has 2 aliphatic rings. The Labute approximate surface area is 118 Å². The Hall–Kier alpha value is -1.16. The van der Waals surface area contributed by atoms with E-state index in [2.05, 4.69) is 34.9 Å². The second-order valence-corrected chi connectivity index (χ2v) is 6.60. The lowest BCUT2D eigenvalue weighted by molar-refractivity contribution is 0.232. The Bertz CT molecular complexity index is 432. The molecule has 1 fully saturated rings. The Morgan fingerprint density at radius 2 is 1.58 bits per heavy atom. The smallest absolute Gasteiger partial charge is 0.315 e. The molecule has 0 radical (unpaired) electrons. The first-order valence-corrected chi connectivity index (χ1v) is 8.18. The molecule has 1 aromatic carbocycles. The molecule has 0 bridgehead atoms. The molecule has 2 amide bonds. The number of carbonyl (C=O) groups excluding carboxylic acids is 1. The van der Waals surface area contributed by atoms with Gasteiger partial charge >= 0.3 is 6.03 Å². The van der Waals surface area contributed by atoms with Gasteiger partial charge in [-0.05, 0) is 48.3 Å². The summed E-state index contributed by atoms with van der Waals surface area (Å²) in [6.45, 7) is 0. The van der Waals surface area contributed by atoms with Crippen molar-refractivity contribution in [2.24, 2.45) is 0 Å². The number of fused-ring (bicyclic) bond motifs is 1. The summed E-state index contributed by atoms with van der Waals surface area (Å²) in [5, 5.41) is 6.23. The van der Waals surface area contributed by atoms with Crippen molar-refractivity contribution in [1.82, 2.24) is 10.6 Å². The third-order valence-electron chi connectivity index (χ3n) is 3.94. The van der Waals surface area contributed by atoms with Crippen LogP contribution in [-0.2, 0) is 12.8 Å². The minimum absolute atomic E-state index is 0.00899. The number of carbonyl (C=O) groups is 1. The molecule has 19 heavy (non-hydrogen) atoms. The van der Waals surface area contributed by atoms with E-state index in [1.807, 2.05) is 11.8 Å². The summed E-state index contributed by atoms with van der Waals surface area (Å²) in [5.74, 6) is 2.33. The fourth-order valence-corrected chi connectivity index (χ4v) is 4.02. The van der Waals surface area contributed by atoms with Gasteiger partial charge in [-0.1, -0.05) is 24.3 Å². The molecule has 1 heterocycles. The molecule has 1 aliphatic carbocycles. The highest BCUT2D eigenvalue weighted by Crippen LogP contribution is 2.21. The van der Waals surface area contributed by atoms with E-state index in [0.29, 0.717) is 6.04 Å². The molecule has 1 aromatic rings. The van der Waals surface area contributed by atoms with Gasteiger partial charge in [-0.3, -0.25) is 0 Å². The standard InChI is InChI=1S/C15H20N2OS/c18-15(16-13-5-7-19-8-6-13)17-14-9-11-3-1-2-4-12(11)10-14/h1-4,13-14H,5-10H2,(H2,16,17,18). The van der Waals surface area contributed by atoms with Crippen molar-refractivity contribution in [3.8, 4) is 0 Å². The third-order valence-corrected chi connectivity index (χ3v) is 4.99. The monoisotopic (exact) mass is 276 g/mol. The number of urea groups is 1. The van der Waals surface area contributed by atoms with Crippen LogP contribution in [-0.4, -0.2) is 29.6 Å². The van der Waals surface area contributed by atoms with Crippen molar-refractivity contribution >= 4 is 17.8 Å². The van der Waals surface area contributed by atoms with E-state index in [-0.39, 0.29) is 12.1 Å². The summed E-state index contributed by atoms with van der Waals surface area (Å²) in [4.78, 5) is 12.0. The molecule has 0 aromatic heterocycles. The molecular formula is C15H20N2OS. The van der Waals surface area contributed by atoms with Crippen LogP contribution in [0.4, 0.5) is 4.79 Å². The highest BCUT2D eigenvalue weighted by atomic mass is 32.2. The molecule has 1 aliphatic heterocycles. The summed E-state index contributed by atoms with van der Waals surface area (Å²) in [6, 6.07) is 9.10. The second kappa shape index (κ2) is 5.87. The van der Waals surface area contributed by atoms with E-state index < -0.39 is 0 Å². The van der Waals surface area contributed by atoms with Crippen LogP contribution in [0, 0.1) is 0 Å². The average molecular weight is 276 g/mol. The Morgan fingerprint density at radius 1 is 1.00 bits per heavy atom. The number of benzene rings is 1. The lowest BCUT2D eigenvalue weighted by Gasteiger charge is -2.23. The molecular weight excluding hydrogens is 256 g/mol. The summed E-state index contributed by atoms with van der Waals surface area (Å²) in [7, 11) is 0. The third kappa shape index (κ3) is 3.24. The molecule has 0 spiro atoms. The van der Waals surface area contributed by atoms with E-state index >= 15 is 0 Å². The summed E-state index contributed by atoms with van der Waals surface area (Å²) in [6.07, 6.45) is 4.13. The first kappa shape index (κ1) is 12.9. The second-order valence-electron chi connectivity index (χ2n) is 5.38. The fraction of sp³-hybridized carbons (Fsp3) is 0.533. The molecule has 0 saturated carbocycles. The highest BCUT2D eigenvalue weighted by molar-refractivity contribution is 7.99. The Kier molecular flexibility index (Phi) is 3.97. The maximum atomic E-state index is 12.0. The number of thioether (sulfide) groups is 1. The first-order valence-electron chi connectivity index (χ1n) is 7.03. The zero-order valence-electron chi connectivity index (χ0n) is 11.0. The minimum atomic E-state index is 0.00899. The largest absolute Gasteiger partial charge is 0.335 e. The van der Waals surface area contributed by atoms with Gasteiger partial charge in [0.15, 0.2) is 0 Å². The van der Waals surface area contributed by atoms with E-state index in [1.165, 1.54) is 22.6 Å². The van der Waals surface area contributed by atoms with Gasteiger partial charge in [-0.25, -0.2) is 4.79 Å². The van der Waals surface area contributed by atoms with Crippen molar-refractivity contribution in [2.75, 3.05) is 11.5 Å². The van der Waals surface area contributed by atoms with Crippen LogP contribution in [0.15, 0.2) is 24.3 Å². The first-order chi connectivity index (χ1) is 9.31. The van der Waals surface area contributed by atoms with Crippen molar-refractivity contribution in [2.45, 2.75) is 37.8 Å². The van der Waals surface area contributed by atoms with Crippen molar-refractivity contribution in [3.05, 3.63) is 35.4 Å². The number of rotatable bonds is 2. The van der Waals surface area contributed by atoms with Gasteiger partial charge in [-0.2, -0.15) is 11.8 Å². The van der Waals surface area contributed by atoms with E-state index in [0.717, 1.165) is 25.7 Å². The fourth-order valence-electron chi connectivity index (χ4n) is 2.92. The van der Waals surface area contributed by atoms with Gasteiger partial charge < -0.3 is 10.6 Å². The van der Waals surface area contributed by atoms with Crippen LogP contribution in [0.25, 0.3) is 0 Å². The summed E-state index contributed by atoms with van der Waals surface area (Å²) < 4.78 is 0. The Balaban J connectivity index is 1.49. The minimum Gasteiger partial charge on any atom is -0.335 e. The predicted molar refractivity (Wildman–Crippen MR) is 79.7 cm³/mol. The van der Waals surface area contributed by atoms with E-state index in [9.17, 15) is 4.79 Å². The molecule has 3 rings (SSSR count). The summed E-state index contributed by atoms with van der Waals surface area (Å²) >= 11 is 1.98. The number of nitrogens with one attached hydrogen (secondary N) is 2. The van der Waals surface area contributed by atoms with Crippen molar-refractivity contribution < 1.29 is 4.79 Å². The van der Waals surface area contributed by atoms with Crippen LogP contribution in [0.5, 0.6) is 0 Å². The lowest BCUT2D eigenvalue weighted by atomic mass is 10.1. The van der Waals surface area contributed by atoms with Crippen LogP contribution in [0.1, 0.15) is 24.0 Å². The molecule has 4 heteroatoms. The van der Waals surface area contributed by atoms with Crippen LogP contribution in [0.2, 0.25) is 0 Å². The van der Waals surface area contributed by atoms with Gasteiger partial charge in [-0.15, -0.1) is 0 Å². The maximum Gasteiger partial charge on any atom is 0.315 e. The van der Waals surface area contributed by atoms with Gasteiger partial charge in [0.1, 0.15) is 0 Å². The maximum absolute atomic E-state index is 12.0. The molecule has 102 valence electrons.